The van der Waals surface area contributed by atoms with Crippen molar-refractivity contribution in [3.05, 3.63) is 0 Å². The second-order valence-electron chi connectivity index (χ2n) is 5.62. The standard InChI is InChI=1S/C12H23NO6S2/c1-12(2,3)19-11(15)13-9(6-5-7-10(14)20)8-18-21(4,16)17/h9H,5-8H2,1-4H3,(H,13,15)(H,14,20). The normalized spacial score (nSPS) is 13.5. The van der Waals surface area contributed by atoms with E-state index in [1.54, 1.807) is 20.8 Å². The van der Waals surface area contributed by atoms with Crippen molar-refractivity contribution in [1.82, 2.24) is 5.32 Å². The number of aliphatic hydroxyl groups excluding tert-OH is 1. The number of amides is 1. The smallest absolute Gasteiger partial charge is 0.407 e. The Morgan fingerprint density at radius 2 is 1.95 bits per heavy atom. The van der Waals surface area contributed by atoms with Crippen LogP contribution < -0.4 is 5.32 Å². The molecular formula is C12H23NO6S2. The summed E-state index contributed by atoms with van der Waals surface area (Å²) in [5.74, 6) is 0. The van der Waals surface area contributed by atoms with Gasteiger partial charge in [-0.05, 0) is 45.8 Å². The third-order valence-electron chi connectivity index (χ3n) is 2.15. The van der Waals surface area contributed by atoms with E-state index in [4.69, 9.17) is 9.84 Å². The number of nitrogens with one attached hydrogen (secondary N) is 1. The predicted molar refractivity (Wildman–Crippen MR) is 83.0 cm³/mol. The molecule has 21 heavy (non-hydrogen) atoms. The number of ether oxygens (including phenoxy) is 1. The Morgan fingerprint density at radius 3 is 2.38 bits per heavy atom. The summed E-state index contributed by atoms with van der Waals surface area (Å²) in [4.78, 5) is 11.7. The number of carbonyl (C=O) groups is 1. The number of alkyl carbamates (subject to hydrolysis) is 1. The van der Waals surface area contributed by atoms with Gasteiger partial charge in [0, 0.05) is 6.42 Å². The van der Waals surface area contributed by atoms with E-state index in [1.165, 1.54) is 0 Å². The van der Waals surface area contributed by atoms with Gasteiger partial charge in [0.15, 0.2) is 5.05 Å². The Labute approximate surface area is 131 Å². The van der Waals surface area contributed by atoms with Crippen molar-refractivity contribution in [2.75, 3.05) is 12.9 Å². The zero-order valence-corrected chi connectivity index (χ0v) is 14.3. The quantitative estimate of drug-likeness (QED) is 0.513. The molecule has 1 amide bonds. The molecular weight excluding hydrogens is 318 g/mol. The second-order valence-corrected chi connectivity index (χ2v) is 7.73. The summed E-state index contributed by atoms with van der Waals surface area (Å²) in [7, 11) is -3.60. The molecule has 0 radical (unpaired) electrons. The van der Waals surface area contributed by atoms with E-state index in [1.807, 2.05) is 0 Å². The lowest BCUT2D eigenvalue weighted by molar-refractivity contribution is 0.0484. The molecule has 0 aromatic carbocycles. The van der Waals surface area contributed by atoms with Crippen LogP contribution in [0.3, 0.4) is 0 Å². The summed E-state index contributed by atoms with van der Waals surface area (Å²) in [6, 6.07) is -0.552. The molecule has 0 aliphatic carbocycles. The van der Waals surface area contributed by atoms with E-state index >= 15 is 0 Å². The maximum Gasteiger partial charge on any atom is 0.407 e. The van der Waals surface area contributed by atoms with Crippen molar-refractivity contribution in [1.29, 1.82) is 0 Å². The van der Waals surface area contributed by atoms with Crippen LogP contribution in [0.5, 0.6) is 0 Å². The summed E-state index contributed by atoms with van der Waals surface area (Å²) in [6.45, 7) is 4.96. The summed E-state index contributed by atoms with van der Waals surface area (Å²) in [5, 5.41) is 11.4. The van der Waals surface area contributed by atoms with Crippen LogP contribution >= 0.6 is 12.2 Å². The lowest BCUT2D eigenvalue weighted by atomic mass is 10.1. The fourth-order valence-corrected chi connectivity index (χ4v) is 1.93. The molecule has 124 valence electrons. The van der Waals surface area contributed by atoms with Crippen LogP contribution in [-0.4, -0.2) is 49.2 Å². The molecule has 7 nitrogen and oxygen atoms in total. The Morgan fingerprint density at radius 1 is 1.38 bits per heavy atom. The lowest BCUT2D eigenvalue weighted by Gasteiger charge is -2.23. The Balaban J connectivity index is 4.49. The molecule has 0 saturated heterocycles. The van der Waals surface area contributed by atoms with Crippen LogP contribution in [0.2, 0.25) is 0 Å². The molecule has 0 spiro atoms. The fourth-order valence-electron chi connectivity index (χ4n) is 1.38. The molecule has 1 unspecified atom stereocenters. The van der Waals surface area contributed by atoms with Crippen molar-refractivity contribution in [2.45, 2.75) is 51.7 Å². The number of hydrogen-bond acceptors (Lipinski definition) is 6. The highest BCUT2D eigenvalue weighted by Crippen LogP contribution is 2.09. The topological polar surface area (TPSA) is 102 Å². The maximum atomic E-state index is 11.7. The van der Waals surface area contributed by atoms with Crippen LogP contribution in [0.25, 0.3) is 0 Å². The first-order valence-electron chi connectivity index (χ1n) is 6.45. The van der Waals surface area contributed by atoms with E-state index in [0.717, 1.165) is 6.26 Å². The van der Waals surface area contributed by atoms with Gasteiger partial charge in [0.1, 0.15) is 5.60 Å². The summed E-state index contributed by atoms with van der Waals surface area (Å²) in [6.07, 6.45) is 1.45. The highest BCUT2D eigenvalue weighted by atomic mass is 32.2. The maximum absolute atomic E-state index is 11.7. The monoisotopic (exact) mass is 341 g/mol. The number of rotatable bonds is 8. The van der Waals surface area contributed by atoms with E-state index < -0.39 is 27.9 Å². The van der Waals surface area contributed by atoms with Crippen LogP contribution in [0.1, 0.15) is 40.0 Å². The zero-order chi connectivity index (χ0) is 16.7. The van der Waals surface area contributed by atoms with Gasteiger partial charge in [0.05, 0.1) is 18.9 Å². The van der Waals surface area contributed by atoms with Crippen LogP contribution in [-0.2, 0) is 19.0 Å². The van der Waals surface area contributed by atoms with E-state index in [9.17, 15) is 13.2 Å². The van der Waals surface area contributed by atoms with Crippen LogP contribution in [0.15, 0.2) is 0 Å². The Bertz CT molecular complexity index is 455. The molecule has 1 atom stereocenters. The largest absolute Gasteiger partial charge is 0.502 e. The Hall–Kier alpha value is -0.930. The third kappa shape index (κ3) is 13.8. The first-order valence-corrected chi connectivity index (χ1v) is 8.67. The molecule has 2 N–H and O–H groups in total. The molecule has 9 heteroatoms. The molecule has 0 aromatic rings. The van der Waals surface area contributed by atoms with Crippen molar-refractivity contribution in [3.63, 3.8) is 0 Å². The molecule has 0 aromatic heterocycles. The molecule has 0 fully saturated rings. The number of aliphatic hydroxyl groups is 1. The lowest BCUT2D eigenvalue weighted by Crippen LogP contribution is -2.41. The highest BCUT2D eigenvalue weighted by Gasteiger charge is 2.20. The van der Waals surface area contributed by atoms with Crippen LogP contribution in [0, 0.1) is 0 Å². The minimum Gasteiger partial charge on any atom is -0.502 e. The van der Waals surface area contributed by atoms with Gasteiger partial charge in [-0.2, -0.15) is 8.42 Å². The van der Waals surface area contributed by atoms with E-state index in [-0.39, 0.29) is 11.7 Å². The fraction of sp³-hybridized carbons (Fsp3) is 0.833. The first kappa shape index (κ1) is 20.1. The molecule has 0 bridgehead atoms. The van der Waals surface area contributed by atoms with E-state index in [0.29, 0.717) is 19.3 Å². The van der Waals surface area contributed by atoms with Crippen molar-refractivity contribution < 1.29 is 27.2 Å². The Kier molecular flexibility index (Phi) is 8.12. The predicted octanol–water partition coefficient (Wildman–Crippen LogP) is 1.91. The van der Waals surface area contributed by atoms with Crippen molar-refractivity contribution in [3.8, 4) is 0 Å². The summed E-state index contributed by atoms with van der Waals surface area (Å²) in [5.41, 5.74) is -0.654. The third-order valence-corrected chi connectivity index (χ3v) is 2.92. The van der Waals surface area contributed by atoms with Gasteiger partial charge in [-0.1, -0.05) is 0 Å². The van der Waals surface area contributed by atoms with Gasteiger partial charge in [-0.3, -0.25) is 4.18 Å². The molecule has 0 heterocycles. The van der Waals surface area contributed by atoms with Crippen molar-refractivity contribution in [2.24, 2.45) is 0 Å². The zero-order valence-electron chi connectivity index (χ0n) is 12.7. The van der Waals surface area contributed by atoms with Gasteiger partial charge < -0.3 is 15.2 Å². The van der Waals surface area contributed by atoms with Gasteiger partial charge in [0.2, 0.25) is 0 Å². The number of carbonyl (C=O) groups excluding carboxylic acids is 1. The number of hydrogen-bond donors (Lipinski definition) is 2. The minimum absolute atomic E-state index is 0.130. The van der Waals surface area contributed by atoms with Crippen molar-refractivity contribution >= 4 is 33.5 Å². The van der Waals surface area contributed by atoms with Gasteiger partial charge >= 0.3 is 6.09 Å². The van der Waals surface area contributed by atoms with Gasteiger partial charge in [-0.15, -0.1) is 0 Å². The summed E-state index contributed by atoms with van der Waals surface area (Å²) >= 11 is 4.55. The average Bonchev–Trinajstić information content (AvgIpc) is 2.21. The average molecular weight is 341 g/mol. The first-order chi connectivity index (χ1) is 9.39. The molecule has 0 rings (SSSR count). The SMILES string of the molecule is CC(C)(C)OC(=O)NC(CCCC(O)=S)COS(C)(=O)=O. The van der Waals surface area contributed by atoms with Gasteiger partial charge in [-0.25, -0.2) is 4.79 Å². The molecule has 0 aliphatic heterocycles. The number of thiocarbonyl (C=S) groups is 1. The minimum atomic E-state index is -3.60. The molecule has 0 saturated carbocycles. The second kappa shape index (κ2) is 8.50. The highest BCUT2D eigenvalue weighted by molar-refractivity contribution is 7.86. The summed E-state index contributed by atoms with van der Waals surface area (Å²) < 4.78 is 31.8. The van der Waals surface area contributed by atoms with E-state index in [2.05, 4.69) is 21.7 Å². The van der Waals surface area contributed by atoms with Gasteiger partial charge in [0.25, 0.3) is 10.1 Å². The molecule has 0 aliphatic rings. The van der Waals surface area contributed by atoms with Crippen LogP contribution in [0.4, 0.5) is 4.79 Å².